The first-order valence-electron chi connectivity index (χ1n) is 6.72. The standard InChI is InChI=1S/C16H12F3NO4/c17-13-4-2-1-3-12(13)15(22)23-9-14(21)20-10-5-7-11(8-6-10)24-16(18)19/h1-8,16H,9H2,(H,20,21). The van der Waals surface area contributed by atoms with E-state index >= 15 is 0 Å². The van der Waals surface area contributed by atoms with E-state index in [2.05, 4.69) is 10.1 Å². The molecule has 0 fully saturated rings. The number of anilines is 1. The minimum atomic E-state index is -2.94. The van der Waals surface area contributed by atoms with Gasteiger partial charge in [0, 0.05) is 5.69 Å². The lowest BCUT2D eigenvalue weighted by Gasteiger charge is -2.08. The van der Waals surface area contributed by atoms with Gasteiger partial charge in [-0.15, -0.1) is 0 Å². The number of nitrogens with one attached hydrogen (secondary N) is 1. The summed E-state index contributed by atoms with van der Waals surface area (Å²) in [5, 5.41) is 2.39. The average molecular weight is 339 g/mol. The molecule has 2 aromatic rings. The van der Waals surface area contributed by atoms with Crippen LogP contribution in [0.4, 0.5) is 18.9 Å². The maximum Gasteiger partial charge on any atom is 0.387 e. The van der Waals surface area contributed by atoms with Crippen molar-refractivity contribution in [2.75, 3.05) is 11.9 Å². The van der Waals surface area contributed by atoms with Crippen LogP contribution in [0.1, 0.15) is 10.4 Å². The quantitative estimate of drug-likeness (QED) is 0.821. The molecule has 2 rings (SSSR count). The van der Waals surface area contributed by atoms with E-state index in [1.165, 1.54) is 42.5 Å². The highest BCUT2D eigenvalue weighted by molar-refractivity contribution is 5.95. The van der Waals surface area contributed by atoms with Crippen LogP contribution in [0.25, 0.3) is 0 Å². The second-order valence-electron chi connectivity index (χ2n) is 4.51. The Hall–Kier alpha value is -3.03. The van der Waals surface area contributed by atoms with E-state index in [1.807, 2.05) is 0 Å². The highest BCUT2D eigenvalue weighted by Crippen LogP contribution is 2.17. The number of carbonyl (C=O) groups excluding carboxylic acids is 2. The van der Waals surface area contributed by atoms with Gasteiger partial charge in [0.2, 0.25) is 0 Å². The third kappa shape index (κ3) is 5.01. The third-order valence-electron chi connectivity index (χ3n) is 2.79. The molecular weight excluding hydrogens is 327 g/mol. The van der Waals surface area contributed by atoms with E-state index in [0.29, 0.717) is 5.69 Å². The van der Waals surface area contributed by atoms with Gasteiger partial charge in [-0.25, -0.2) is 9.18 Å². The molecule has 0 atom stereocenters. The van der Waals surface area contributed by atoms with Gasteiger partial charge < -0.3 is 14.8 Å². The predicted molar refractivity (Wildman–Crippen MR) is 78.4 cm³/mol. The summed E-state index contributed by atoms with van der Waals surface area (Å²) >= 11 is 0. The summed E-state index contributed by atoms with van der Waals surface area (Å²) < 4.78 is 46.3. The Bertz CT molecular complexity index is 720. The molecule has 0 aliphatic rings. The van der Waals surface area contributed by atoms with Crippen LogP contribution in [0.3, 0.4) is 0 Å². The average Bonchev–Trinajstić information content (AvgIpc) is 2.54. The van der Waals surface area contributed by atoms with Gasteiger partial charge in [-0.05, 0) is 36.4 Å². The molecule has 8 heteroatoms. The molecule has 0 saturated heterocycles. The van der Waals surface area contributed by atoms with E-state index in [9.17, 15) is 22.8 Å². The van der Waals surface area contributed by atoms with E-state index in [4.69, 9.17) is 4.74 Å². The van der Waals surface area contributed by atoms with E-state index < -0.39 is 30.9 Å². The van der Waals surface area contributed by atoms with Crippen molar-refractivity contribution in [2.24, 2.45) is 0 Å². The first-order chi connectivity index (χ1) is 11.5. The highest BCUT2D eigenvalue weighted by Gasteiger charge is 2.14. The number of carbonyl (C=O) groups is 2. The molecule has 24 heavy (non-hydrogen) atoms. The van der Waals surface area contributed by atoms with Gasteiger partial charge in [0.05, 0.1) is 5.56 Å². The molecule has 0 spiro atoms. The fourth-order valence-corrected chi connectivity index (χ4v) is 1.75. The number of hydrogen-bond acceptors (Lipinski definition) is 4. The topological polar surface area (TPSA) is 64.6 Å². The van der Waals surface area contributed by atoms with Gasteiger partial charge in [-0.2, -0.15) is 8.78 Å². The van der Waals surface area contributed by atoms with Crippen LogP contribution in [0, 0.1) is 5.82 Å². The predicted octanol–water partition coefficient (Wildman–Crippen LogP) is 3.22. The Morgan fingerprint density at radius 1 is 1.04 bits per heavy atom. The van der Waals surface area contributed by atoms with Gasteiger partial charge in [0.1, 0.15) is 11.6 Å². The van der Waals surface area contributed by atoms with Crippen molar-refractivity contribution in [2.45, 2.75) is 6.61 Å². The number of amides is 1. The lowest BCUT2D eigenvalue weighted by Crippen LogP contribution is -2.21. The lowest BCUT2D eigenvalue weighted by atomic mass is 10.2. The SMILES string of the molecule is O=C(COC(=O)c1ccccc1F)Nc1ccc(OC(F)F)cc1. The van der Waals surface area contributed by atoms with Crippen molar-refractivity contribution in [1.29, 1.82) is 0 Å². The molecule has 1 amide bonds. The first-order valence-corrected chi connectivity index (χ1v) is 6.72. The molecule has 0 aliphatic heterocycles. The molecule has 0 aliphatic carbocycles. The number of halogens is 3. The minimum Gasteiger partial charge on any atom is -0.452 e. The summed E-state index contributed by atoms with van der Waals surface area (Å²) in [6.07, 6.45) is 0. The monoisotopic (exact) mass is 339 g/mol. The van der Waals surface area contributed by atoms with E-state index in [1.54, 1.807) is 0 Å². The smallest absolute Gasteiger partial charge is 0.387 e. The molecule has 0 unspecified atom stereocenters. The van der Waals surface area contributed by atoms with Crippen LogP contribution in [-0.2, 0) is 9.53 Å². The zero-order valence-corrected chi connectivity index (χ0v) is 12.2. The van der Waals surface area contributed by atoms with Crippen LogP contribution in [0.2, 0.25) is 0 Å². The minimum absolute atomic E-state index is 0.0611. The maximum atomic E-state index is 13.4. The molecule has 0 aromatic heterocycles. The number of rotatable bonds is 6. The third-order valence-corrected chi connectivity index (χ3v) is 2.79. The molecule has 0 saturated carbocycles. The number of hydrogen-bond donors (Lipinski definition) is 1. The summed E-state index contributed by atoms with van der Waals surface area (Å²) in [6, 6.07) is 10.4. The van der Waals surface area contributed by atoms with Gasteiger partial charge in [0.15, 0.2) is 6.61 Å². The Morgan fingerprint density at radius 2 is 1.71 bits per heavy atom. The molecule has 2 aromatic carbocycles. The van der Waals surface area contributed by atoms with Crippen molar-refractivity contribution in [1.82, 2.24) is 0 Å². The van der Waals surface area contributed by atoms with Crippen LogP contribution >= 0.6 is 0 Å². The molecule has 1 N–H and O–H groups in total. The van der Waals surface area contributed by atoms with Gasteiger partial charge in [-0.3, -0.25) is 4.79 Å². The van der Waals surface area contributed by atoms with Gasteiger partial charge in [-0.1, -0.05) is 12.1 Å². The normalized spacial score (nSPS) is 10.3. The summed E-state index contributed by atoms with van der Waals surface area (Å²) in [7, 11) is 0. The van der Waals surface area contributed by atoms with Crippen LogP contribution in [0.15, 0.2) is 48.5 Å². The molecule has 0 bridgehead atoms. The summed E-state index contributed by atoms with van der Waals surface area (Å²) in [6.45, 7) is -3.56. The molecular formula is C16H12F3NO4. The second kappa shape index (κ2) is 8.00. The number of benzene rings is 2. The maximum absolute atomic E-state index is 13.4. The van der Waals surface area contributed by atoms with Crippen molar-refractivity contribution >= 4 is 17.6 Å². The fourth-order valence-electron chi connectivity index (χ4n) is 1.75. The van der Waals surface area contributed by atoms with Crippen molar-refractivity contribution in [3.8, 4) is 5.75 Å². The Morgan fingerprint density at radius 3 is 2.33 bits per heavy atom. The van der Waals surface area contributed by atoms with Crippen LogP contribution in [0.5, 0.6) is 5.75 Å². The zero-order chi connectivity index (χ0) is 17.5. The number of alkyl halides is 2. The van der Waals surface area contributed by atoms with E-state index in [-0.39, 0.29) is 11.3 Å². The van der Waals surface area contributed by atoms with Crippen molar-refractivity contribution in [3.63, 3.8) is 0 Å². The molecule has 5 nitrogen and oxygen atoms in total. The zero-order valence-electron chi connectivity index (χ0n) is 12.2. The van der Waals surface area contributed by atoms with E-state index in [0.717, 1.165) is 6.07 Å². The van der Waals surface area contributed by atoms with Gasteiger partial charge in [0.25, 0.3) is 5.91 Å². The second-order valence-corrected chi connectivity index (χ2v) is 4.51. The highest BCUT2D eigenvalue weighted by atomic mass is 19.3. The Balaban J connectivity index is 1.85. The van der Waals surface area contributed by atoms with Crippen molar-refractivity contribution in [3.05, 3.63) is 59.9 Å². The Kier molecular flexibility index (Phi) is 5.78. The molecule has 0 radical (unpaired) electrons. The van der Waals surface area contributed by atoms with Gasteiger partial charge >= 0.3 is 12.6 Å². The fraction of sp³-hybridized carbons (Fsp3) is 0.125. The number of ether oxygens (including phenoxy) is 2. The first kappa shape index (κ1) is 17.3. The summed E-state index contributed by atoms with van der Waals surface area (Å²) in [5.74, 6) is -2.45. The lowest BCUT2D eigenvalue weighted by molar-refractivity contribution is -0.119. The summed E-state index contributed by atoms with van der Waals surface area (Å²) in [4.78, 5) is 23.3. The number of esters is 1. The summed E-state index contributed by atoms with van der Waals surface area (Å²) in [5.41, 5.74) is 0.0161. The van der Waals surface area contributed by atoms with Crippen LogP contribution < -0.4 is 10.1 Å². The van der Waals surface area contributed by atoms with Crippen LogP contribution in [-0.4, -0.2) is 25.1 Å². The van der Waals surface area contributed by atoms with Crippen molar-refractivity contribution < 1.29 is 32.2 Å². The molecule has 0 heterocycles. The Labute approximate surface area is 135 Å². The molecule has 126 valence electrons. The largest absolute Gasteiger partial charge is 0.452 e.